The number of anilines is 1. The van der Waals surface area contributed by atoms with E-state index in [1.165, 1.54) is 17.0 Å². The van der Waals surface area contributed by atoms with Crippen LogP contribution in [0.3, 0.4) is 0 Å². The summed E-state index contributed by atoms with van der Waals surface area (Å²) in [6.07, 6.45) is 0. The minimum Gasteiger partial charge on any atom is -0.368 e. The van der Waals surface area contributed by atoms with Crippen LogP contribution < -0.4 is 4.90 Å². The van der Waals surface area contributed by atoms with Gasteiger partial charge in [0.15, 0.2) is 23.3 Å². The van der Waals surface area contributed by atoms with E-state index in [-0.39, 0.29) is 18.8 Å². The molecular weight excluding hydrogens is 370 g/mol. The quantitative estimate of drug-likeness (QED) is 0.269. The third-order valence-electron chi connectivity index (χ3n) is 4.33. The molecule has 142 valence electrons. The number of non-ortho nitro benzene ring substituents is 1. The Morgan fingerprint density at radius 1 is 0.926 bits per heavy atom. The smallest absolute Gasteiger partial charge is 0.269 e. The first-order valence-electron chi connectivity index (χ1n) is 7.91. The maximum absolute atomic E-state index is 13.8. The van der Waals surface area contributed by atoms with Gasteiger partial charge in [-0.2, -0.15) is 0 Å². The Kier molecular flexibility index (Phi) is 4.98. The van der Waals surface area contributed by atoms with E-state index in [2.05, 4.69) is 0 Å². The summed E-state index contributed by atoms with van der Waals surface area (Å²) in [6, 6.07) is 6.19. The van der Waals surface area contributed by atoms with Crippen LogP contribution in [0.15, 0.2) is 30.3 Å². The SMILES string of the molecule is O=C(c1cc(F)c(F)c(F)c1F)N1CCN(c2ccc([N+](=O)[O-])cc2)CC1. The standard InChI is InChI=1S/C17H13F4N3O3/c18-13-9-12(14(19)16(21)15(13)20)17(25)23-7-5-22(6-8-23)10-1-3-11(4-2-10)24(26)27/h1-4,9H,5-8H2. The van der Waals surface area contributed by atoms with Crippen molar-refractivity contribution in [1.29, 1.82) is 0 Å². The van der Waals surface area contributed by atoms with Gasteiger partial charge in [-0.15, -0.1) is 0 Å². The first-order chi connectivity index (χ1) is 12.8. The molecular formula is C17H13F4N3O3. The maximum atomic E-state index is 13.8. The number of nitro groups is 1. The van der Waals surface area contributed by atoms with Crippen molar-refractivity contribution in [1.82, 2.24) is 4.90 Å². The van der Waals surface area contributed by atoms with Crippen molar-refractivity contribution in [2.45, 2.75) is 0 Å². The summed E-state index contributed by atoms with van der Waals surface area (Å²) >= 11 is 0. The van der Waals surface area contributed by atoms with Crippen LogP contribution in [-0.2, 0) is 0 Å². The molecule has 1 fully saturated rings. The normalized spacial score (nSPS) is 14.4. The highest BCUT2D eigenvalue weighted by molar-refractivity contribution is 5.94. The molecule has 6 nitrogen and oxygen atoms in total. The molecule has 1 saturated heterocycles. The van der Waals surface area contributed by atoms with Gasteiger partial charge in [0.25, 0.3) is 11.6 Å². The van der Waals surface area contributed by atoms with Crippen molar-refractivity contribution < 1.29 is 27.3 Å². The topological polar surface area (TPSA) is 66.7 Å². The van der Waals surface area contributed by atoms with Gasteiger partial charge >= 0.3 is 0 Å². The Bertz CT molecular complexity index is 897. The largest absolute Gasteiger partial charge is 0.368 e. The lowest BCUT2D eigenvalue weighted by molar-refractivity contribution is -0.384. The summed E-state index contributed by atoms with van der Waals surface area (Å²) in [5.41, 5.74) is -0.212. The lowest BCUT2D eigenvalue weighted by Gasteiger charge is -2.36. The maximum Gasteiger partial charge on any atom is 0.269 e. The summed E-state index contributed by atoms with van der Waals surface area (Å²) < 4.78 is 53.5. The molecule has 0 bridgehead atoms. The number of nitrogens with zero attached hydrogens (tertiary/aromatic N) is 3. The zero-order valence-electron chi connectivity index (χ0n) is 13.8. The Morgan fingerprint density at radius 3 is 2.07 bits per heavy atom. The van der Waals surface area contributed by atoms with Crippen molar-refractivity contribution in [2.75, 3.05) is 31.1 Å². The minimum atomic E-state index is -2.03. The third-order valence-corrected chi connectivity index (χ3v) is 4.33. The zero-order chi connectivity index (χ0) is 19.7. The van der Waals surface area contributed by atoms with Gasteiger partial charge < -0.3 is 9.80 Å². The molecule has 1 amide bonds. The van der Waals surface area contributed by atoms with Gasteiger partial charge in [0, 0.05) is 44.0 Å². The molecule has 1 aliphatic rings. The minimum absolute atomic E-state index is 0.0524. The van der Waals surface area contributed by atoms with Crippen molar-refractivity contribution in [3.63, 3.8) is 0 Å². The number of carbonyl (C=O) groups excluding carboxylic acids is 1. The lowest BCUT2D eigenvalue weighted by atomic mass is 10.1. The van der Waals surface area contributed by atoms with E-state index in [9.17, 15) is 32.5 Å². The van der Waals surface area contributed by atoms with Crippen molar-refractivity contribution in [3.05, 3.63) is 69.3 Å². The van der Waals surface area contributed by atoms with Crippen LogP contribution in [0, 0.1) is 33.4 Å². The molecule has 0 unspecified atom stereocenters. The number of amides is 1. The molecule has 2 aromatic carbocycles. The molecule has 0 saturated carbocycles. The lowest BCUT2D eigenvalue weighted by Crippen LogP contribution is -2.49. The molecule has 0 N–H and O–H groups in total. The Morgan fingerprint density at radius 2 is 1.52 bits per heavy atom. The monoisotopic (exact) mass is 383 g/mol. The molecule has 27 heavy (non-hydrogen) atoms. The van der Waals surface area contributed by atoms with Crippen molar-refractivity contribution >= 4 is 17.3 Å². The fraction of sp³-hybridized carbons (Fsp3) is 0.235. The highest BCUT2D eigenvalue weighted by Crippen LogP contribution is 2.23. The van der Waals surface area contributed by atoms with Gasteiger partial charge in [0.05, 0.1) is 10.5 Å². The van der Waals surface area contributed by atoms with Crippen molar-refractivity contribution in [2.24, 2.45) is 0 Å². The molecule has 0 aliphatic carbocycles. The molecule has 3 rings (SSSR count). The number of nitro benzene ring substituents is 1. The molecule has 0 spiro atoms. The van der Waals surface area contributed by atoms with E-state index in [0.29, 0.717) is 24.8 Å². The number of hydrogen-bond donors (Lipinski definition) is 0. The summed E-state index contributed by atoms with van der Waals surface area (Å²) in [5, 5.41) is 10.7. The number of rotatable bonds is 3. The highest BCUT2D eigenvalue weighted by atomic mass is 19.2. The first-order valence-corrected chi connectivity index (χ1v) is 7.91. The summed E-state index contributed by atoms with van der Waals surface area (Å²) in [5.74, 6) is -8.29. The number of piperazine rings is 1. The van der Waals surface area contributed by atoms with Gasteiger partial charge in [0.1, 0.15) is 0 Å². The van der Waals surface area contributed by atoms with Gasteiger partial charge in [-0.05, 0) is 18.2 Å². The Hall–Kier alpha value is -3.17. The fourth-order valence-electron chi connectivity index (χ4n) is 2.85. The number of halogens is 4. The second-order valence-electron chi connectivity index (χ2n) is 5.90. The third kappa shape index (κ3) is 3.55. The van der Waals surface area contributed by atoms with Crippen LogP contribution in [0.5, 0.6) is 0 Å². The van der Waals surface area contributed by atoms with Crippen LogP contribution in [0.2, 0.25) is 0 Å². The van der Waals surface area contributed by atoms with Gasteiger partial charge in [-0.3, -0.25) is 14.9 Å². The van der Waals surface area contributed by atoms with Gasteiger partial charge in [-0.25, -0.2) is 17.6 Å². The zero-order valence-corrected chi connectivity index (χ0v) is 13.8. The molecule has 0 radical (unpaired) electrons. The molecule has 0 aromatic heterocycles. The second-order valence-corrected chi connectivity index (χ2v) is 5.90. The molecule has 10 heteroatoms. The molecule has 2 aromatic rings. The van der Waals surface area contributed by atoms with Crippen LogP contribution >= 0.6 is 0 Å². The summed E-state index contributed by atoms with van der Waals surface area (Å²) in [4.78, 5) is 25.6. The van der Waals surface area contributed by atoms with Gasteiger partial charge in [0.2, 0.25) is 0 Å². The van der Waals surface area contributed by atoms with E-state index in [1.807, 2.05) is 4.90 Å². The predicted octanol–water partition coefficient (Wildman–Crippen LogP) is 3.11. The van der Waals surface area contributed by atoms with E-state index in [4.69, 9.17) is 0 Å². The molecule has 1 heterocycles. The Labute approximate surface area is 150 Å². The van der Waals surface area contributed by atoms with Crippen LogP contribution in [0.4, 0.5) is 28.9 Å². The first kappa shape index (κ1) is 18.6. The fourth-order valence-corrected chi connectivity index (χ4v) is 2.85. The molecule has 1 aliphatic heterocycles. The van der Waals surface area contributed by atoms with E-state index in [1.54, 1.807) is 12.1 Å². The molecule has 0 atom stereocenters. The van der Waals surface area contributed by atoms with E-state index < -0.39 is 39.7 Å². The van der Waals surface area contributed by atoms with Crippen LogP contribution in [0.1, 0.15) is 10.4 Å². The predicted molar refractivity (Wildman–Crippen MR) is 87.5 cm³/mol. The van der Waals surface area contributed by atoms with E-state index >= 15 is 0 Å². The summed E-state index contributed by atoms with van der Waals surface area (Å²) in [6.45, 7) is 0.931. The Balaban J connectivity index is 1.70. The summed E-state index contributed by atoms with van der Waals surface area (Å²) in [7, 11) is 0. The second kappa shape index (κ2) is 7.22. The van der Waals surface area contributed by atoms with E-state index in [0.717, 1.165) is 0 Å². The van der Waals surface area contributed by atoms with Crippen molar-refractivity contribution in [3.8, 4) is 0 Å². The van der Waals surface area contributed by atoms with Gasteiger partial charge in [-0.1, -0.05) is 0 Å². The number of benzene rings is 2. The highest BCUT2D eigenvalue weighted by Gasteiger charge is 2.28. The average Bonchev–Trinajstić information content (AvgIpc) is 2.69. The number of hydrogen-bond acceptors (Lipinski definition) is 4. The van der Waals surface area contributed by atoms with Crippen LogP contribution in [0.25, 0.3) is 0 Å². The average molecular weight is 383 g/mol. The number of carbonyl (C=O) groups is 1. The van der Waals surface area contributed by atoms with Crippen LogP contribution in [-0.4, -0.2) is 41.9 Å².